The number of carbonyl (C=O) groups excluding carboxylic acids is 1. The van der Waals surface area contributed by atoms with Crippen molar-refractivity contribution in [3.63, 3.8) is 0 Å². The van der Waals surface area contributed by atoms with Gasteiger partial charge in [-0.1, -0.05) is 59.2 Å². The zero-order valence-electron chi connectivity index (χ0n) is 15.6. The number of hydrogen-bond donors (Lipinski definition) is 1. The number of thioether (sulfide) groups is 1. The lowest BCUT2D eigenvalue weighted by molar-refractivity contribution is -0.113. The molecule has 0 saturated heterocycles. The third-order valence-corrected chi connectivity index (χ3v) is 5.53. The topological polar surface area (TPSA) is 69.0 Å². The predicted octanol–water partition coefficient (Wildman–Crippen LogP) is 5.18. The highest BCUT2D eigenvalue weighted by molar-refractivity contribution is 7.99. The fraction of sp³-hybridized carbons (Fsp3) is 0.150. The summed E-state index contributed by atoms with van der Waals surface area (Å²) in [6, 6.07) is 12.6. The van der Waals surface area contributed by atoms with Gasteiger partial charge in [-0.05, 0) is 24.3 Å². The van der Waals surface area contributed by atoms with E-state index < -0.39 is 0 Å². The summed E-state index contributed by atoms with van der Waals surface area (Å²) in [6.45, 7) is 4.29. The van der Waals surface area contributed by atoms with Crippen LogP contribution in [0, 0.1) is 0 Å². The molecular weight excluding hydrogens is 431 g/mol. The van der Waals surface area contributed by atoms with Gasteiger partial charge in [-0.2, -0.15) is 0 Å². The molecule has 1 amide bonds. The van der Waals surface area contributed by atoms with Crippen LogP contribution in [0.25, 0.3) is 11.4 Å². The third-order valence-electron chi connectivity index (χ3n) is 3.94. The monoisotopic (exact) mass is 448 g/mol. The van der Waals surface area contributed by atoms with Gasteiger partial charge in [0.25, 0.3) is 0 Å². The molecule has 0 fully saturated rings. The van der Waals surface area contributed by atoms with Crippen molar-refractivity contribution in [1.29, 1.82) is 0 Å². The van der Waals surface area contributed by atoms with E-state index in [1.165, 1.54) is 11.8 Å². The average molecular weight is 449 g/mol. The number of benzene rings is 2. The highest BCUT2D eigenvalue weighted by atomic mass is 35.5. The Balaban J connectivity index is 1.78. The molecule has 6 nitrogen and oxygen atoms in total. The summed E-state index contributed by atoms with van der Waals surface area (Å²) in [6.07, 6.45) is 1.75. The van der Waals surface area contributed by atoms with Gasteiger partial charge in [0.1, 0.15) is 5.75 Å². The number of nitrogens with one attached hydrogen (secondary N) is 1. The molecule has 0 atom stereocenters. The summed E-state index contributed by atoms with van der Waals surface area (Å²) in [5, 5.41) is 12.6. The Morgan fingerprint density at radius 1 is 1.21 bits per heavy atom. The molecule has 0 aliphatic rings. The van der Waals surface area contributed by atoms with Crippen LogP contribution in [0.15, 0.2) is 60.3 Å². The summed E-state index contributed by atoms with van der Waals surface area (Å²) < 4.78 is 7.31. The van der Waals surface area contributed by atoms with Crippen molar-refractivity contribution in [3.05, 3.63) is 65.2 Å². The molecule has 2 aromatic carbocycles. The second-order valence-corrected chi connectivity index (χ2v) is 7.60. The molecule has 0 aliphatic heterocycles. The smallest absolute Gasteiger partial charge is 0.234 e. The van der Waals surface area contributed by atoms with Crippen LogP contribution in [-0.4, -0.2) is 33.5 Å². The van der Waals surface area contributed by atoms with Crippen LogP contribution in [0.3, 0.4) is 0 Å². The number of nitrogens with zero attached hydrogens (tertiary/aromatic N) is 3. The maximum atomic E-state index is 12.4. The standard InChI is InChI=1S/C20H18Cl2N4O2S/c1-3-11-26-19(13-7-4-5-10-16(13)28-2)24-25-20(26)29-12-17(27)23-18-14(21)8-6-9-15(18)22/h3-10H,1,11-12H2,2H3,(H,23,27). The second-order valence-electron chi connectivity index (χ2n) is 5.84. The lowest BCUT2D eigenvalue weighted by atomic mass is 10.2. The largest absolute Gasteiger partial charge is 0.496 e. The summed E-state index contributed by atoms with van der Waals surface area (Å²) in [5.74, 6) is 1.19. The molecule has 0 spiro atoms. The van der Waals surface area contributed by atoms with Crippen molar-refractivity contribution >= 4 is 46.6 Å². The normalized spacial score (nSPS) is 10.6. The molecule has 0 aliphatic carbocycles. The van der Waals surface area contributed by atoms with Gasteiger partial charge in [0.15, 0.2) is 11.0 Å². The molecule has 3 aromatic rings. The van der Waals surface area contributed by atoms with E-state index in [0.717, 1.165) is 5.56 Å². The Morgan fingerprint density at radius 2 is 1.93 bits per heavy atom. The van der Waals surface area contributed by atoms with Crippen molar-refractivity contribution in [1.82, 2.24) is 14.8 Å². The first kappa shape index (κ1) is 21.2. The molecule has 9 heteroatoms. The van der Waals surface area contributed by atoms with Gasteiger partial charge >= 0.3 is 0 Å². The Kier molecular flexibility index (Phi) is 7.19. The molecule has 1 aromatic heterocycles. The highest BCUT2D eigenvalue weighted by Crippen LogP contribution is 2.32. The van der Waals surface area contributed by atoms with Gasteiger partial charge in [-0.25, -0.2) is 0 Å². The Hall–Kier alpha value is -2.48. The number of hydrogen-bond acceptors (Lipinski definition) is 5. The van der Waals surface area contributed by atoms with Gasteiger partial charge in [-0.3, -0.25) is 9.36 Å². The zero-order valence-corrected chi connectivity index (χ0v) is 17.9. The number of anilines is 1. The van der Waals surface area contributed by atoms with Gasteiger partial charge in [0.2, 0.25) is 5.91 Å². The molecule has 0 bridgehead atoms. The van der Waals surface area contributed by atoms with Crippen LogP contribution >= 0.6 is 35.0 Å². The van der Waals surface area contributed by atoms with Gasteiger partial charge in [0.05, 0.1) is 34.2 Å². The zero-order chi connectivity index (χ0) is 20.8. The number of aromatic nitrogens is 3. The third kappa shape index (κ3) is 4.93. The van der Waals surface area contributed by atoms with E-state index in [4.69, 9.17) is 27.9 Å². The number of halogens is 2. The summed E-state index contributed by atoms with van der Waals surface area (Å²) >= 11 is 13.5. The van der Waals surface area contributed by atoms with E-state index in [0.29, 0.717) is 39.0 Å². The lowest BCUT2D eigenvalue weighted by Crippen LogP contribution is -2.15. The SMILES string of the molecule is C=CCn1c(SCC(=O)Nc2c(Cl)cccc2Cl)nnc1-c1ccccc1OC. The summed E-state index contributed by atoms with van der Waals surface area (Å²) in [7, 11) is 1.60. The van der Waals surface area contributed by atoms with E-state index in [9.17, 15) is 4.79 Å². The number of carbonyl (C=O) groups is 1. The fourth-order valence-electron chi connectivity index (χ4n) is 2.64. The second kappa shape index (κ2) is 9.82. The Labute approximate surface area is 182 Å². The molecule has 0 unspecified atom stereocenters. The molecule has 0 radical (unpaired) electrons. The van der Waals surface area contributed by atoms with E-state index in [1.54, 1.807) is 31.4 Å². The summed E-state index contributed by atoms with van der Waals surface area (Å²) in [4.78, 5) is 12.4. The Morgan fingerprint density at radius 3 is 2.62 bits per heavy atom. The van der Waals surface area contributed by atoms with Crippen molar-refractivity contribution < 1.29 is 9.53 Å². The van der Waals surface area contributed by atoms with Gasteiger partial charge < -0.3 is 10.1 Å². The number of para-hydroxylation sites is 2. The molecule has 1 heterocycles. The number of ether oxygens (including phenoxy) is 1. The first-order chi connectivity index (χ1) is 14.0. The maximum absolute atomic E-state index is 12.4. The lowest BCUT2D eigenvalue weighted by Gasteiger charge is -2.11. The molecule has 1 N–H and O–H groups in total. The maximum Gasteiger partial charge on any atom is 0.234 e. The van der Waals surface area contributed by atoms with E-state index >= 15 is 0 Å². The van der Waals surface area contributed by atoms with Crippen LogP contribution < -0.4 is 10.1 Å². The number of rotatable bonds is 8. The van der Waals surface area contributed by atoms with E-state index in [-0.39, 0.29) is 11.7 Å². The predicted molar refractivity (Wildman–Crippen MR) is 118 cm³/mol. The van der Waals surface area contributed by atoms with Crippen molar-refractivity contribution in [3.8, 4) is 17.1 Å². The molecule has 0 saturated carbocycles. The summed E-state index contributed by atoms with van der Waals surface area (Å²) in [5.41, 5.74) is 1.20. The van der Waals surface area contributed by atoms with Gasteiger partial charge in [-0.15, -0.1) is 16.8 Å². The van der Waals surface area contributed by atoms with Crippen molar-refractivity contribution in [2.75, 3.05) is 18.2 Å². The van der Waals surface area contributed by atoms with E-state index in [1.807, 2.05) is 28.8 Å². The first-order valence-electron chi connectivity index (χ1n) is 8.59. The quantitative estimate of drug-likeness (QED) is 0.379. The van der Waals surface area contributed by atoms with E-state index in [2.05, 4.69) is 22.1 Å². The number of allylic oxidation sites excluding steroid dienone is 1. The minimum atomic E-state index is -0.253. The van der Waals surface area contributed by atoms with Crippen LogP contribution in [0.2, 0.25) is 10.0 Å². The van der Waals surface area contributed by atoms with Crippen molar-refractivity contribution in [2.24, 2.45) is 0 Å². The van der Waals surface area contributed by atoms with Crippen LogP contribution in [-0.2, 0) is 11.3 Å². The highest BCUT2D eigenvalue weighted by Gasteiger charge is 2.18. The molecular formula is C20H18Cl2N4O2S. The number of amides is 1. The molecule has 3 rings (SSSR count). The van der Waals surface area contributed by atoms with Crippen molar-refractivity contribution in [2.45, 2.75) is 11.7 Å². The van der Waals surface area contributed by atoms with Crippen LogP contribution in [0.5, 0.6) is 5.75 Å². The fourth-order valence-corrected chi connectivity index (χ4v) is 3.88. The average Bonchev–Trinajstić information content (AvgIpc) is 3.12. The minimum absolute atomic E-state index is 0.114. The molecule has 150 valence electrons. The van der Waals surface area contributed by atoms with Crippen LogP contribution in [0.1, 0.15) is 0 Å². The minimum Gasteiger partial charge on any atom is -0.496 e. The van der Waals surface area contributed by atoms with Gasteiger partial charge in [0, 0.05) is 6.54 Å². The molecule has 29 heavy (non-hydrogen) atoms. The first-order valence-corrected chi connectivity index (χ1v) is 10.3. The number of methoxy groups -OCH3 is 1. The Bertz CT molecular complexity index is 1020. The van der Waals surface area contributed by atoms with Crippen LogP contribution in [0.4, 0.5) is 5.69 Å².